The van der Waals surface area contributed by atoms with E-state index in [0.29, 0.717) is 11.1 Å². The third kappa shape index (κ3) is 5.59. The highest BCUT2D eigenvalue weighted by Crippen LogP contribution is 2.27. The van der Waals surface area contributed by atoms with Crippen LogP contribution >= 0.6 is 15.9 Å². The summed E-state index contributed by atoms with van der Waals surface area (Å²) in [5, 5.41) is 11.5. The van der Waals surface area contributed by atoms with E-state index in [1.807, 2.05) is 0 Å². The number of benzene rings is 1. The van der Waals surface area contributed by atoms with Gasteiger partial charge in [-0.2, -0.15) is 0 Å². The maximum atomic E-state index is 14.9. The summed E-state index contributed by atoms with van der Waals surface area (Å²) >= 11 is 1.56. The number of rotatable bonds is 8. The van der Waals surface area contributed by atoms with Crippen molar-refractivity contribution < 1.29 is 22.9 Å². The van der Waals surface area contributed by atoms with Crippen LogP contribution in [0.1, 0.15) is 42.1 Å². The Bertz CT molecular complexity index is 989. The average Bonchev–Trinajstić information content (AvgIpc) is 2.77. The van der Waals surface area contributed by atoms with E-state index in [1.54, 1.807) is 6.92 Å². The van der Waals surface area contributed by atoms with Gasteiger partial charge < -0.3 is 14.6 Å². The van der Waals surface area contributed by atoms with Gasteiger partial charge in [-0.25, -0.2) is 18.5 Å². The number of aromatic nitrogens is 1. The molecule has 166 valence electrons. The lowest BCUT2D eigenvalue weighted by molar-refractivity contribution is 0.0341. The maximum Gasteiger partial charge on any atom is 0.214 e. The summed E-state index contributed by atoms with van der Waals surface area (Å²) in [7, 11) is 0. The molecule has 2 heterocycles. The molecule has 1 aliphatic rings. The molecule has 0 aliphatic carbocycles. The summed E-state index contributed by atoms with van der Waals surface area (Å²) in [6.45, 7) is 2.17. The number of ether oxygens (including phenoxy) is 1. The molecular formula is C20H21BrF2N4O3S. The molecule has 1 aromatic heterocycles. The number of hydrogen-bond donors (Lipinski definition) is 3. The van der Waals surface area contributed by atoms with Crippen LogP contribution in [-0.4, -0.2) is 39.6 Å². The molecule has 2 unspecified atom stereocenters. The summed E-state index contributed by atoms with van der Waals surface area (Å²) in [5.41, 5.74) is -1.56. The molecule has 0 spiro atoms. The van der Waals surface area contributed by atoms with Crippen LogP contribution in [0.2, 0.25) is 0 Å². The minimum absolute atomic E-state index is 0.120. The number of hydrogen-bond acceptors (Lipinski definition) is 7. The van der Waals surface area contributed by atoms with E-state index >= 15 is 0 Å². The molecule has 3 N–H and O–H groups in total. The molecule has 31 heavy (non-hydrogen) atoms. The standard InChI is InChI=1S/C20H21BrF2N4O3S/c1-2-31(29)27-18-14(22)7-6-12(16(18)23)19(28)17(24)13-9-11(21)10-25-20(13)26-15-5-3-4-8-30-15/h6-7,9-10,15,24,27H,2-5,8H2,1H3,(H,25,26). The topological polar surface area (TPSA) is 110 Å². The summed E-state index contributed by atoms with van der Waals surface area (Å²) in [6, 6.07) is 3.38. The second-order valence-electron chi connectivity index (χ2n) is 6.77. The fraction of sp³-hybridized carbons (Fsp3) is 0.350. The Morgan fingerprint density at radius 2 is 2.16 bits per heavy atom. The number of nitrogens with one attached hydrogen (secondary N) is 3. The van der Waals surface area contributed by atoms with Gasteiger partial charge in [-0.1, -0.05) is 0 Å². The molecule has 1 aromatic carbocycles. The van der Waals surface area contributed by atoms with Gasteiger partial charge in [-0.3, -0.25) is 10.2 Å². The lowest BCUT2D eigenvalue weighted by Gasteiger charge is -2.25. The predicted molar refractivity (Wildman–Crippen MR) is 119 cm³/mol. The third-order valence-electron chi connectivity index (χ3n) is 4.64. The third-order valence-corrected chi connectivity index (χ3v) is 6.03. The molecule has 0 amide bonds. The van der Waals surface area contributed by atoms with E-state index in [0.717, 1.165) is 31.4 Å². The number of anilines is 2. The van der Waals surface area contributed by atoms with E-state index in [1.165, 1.54) is 12.3 Å². The number of pyridine rings is 1. The van der Waals surface area contributed by atoms with Crippen molar-refractivity contribution in [1.82, 2.24) is 4.98 Å². The second kappa shape index (κ2) is 10.5. The fourth-order valence-electron chi connectivity index (χ4n) is 3.02. The first kappa shape index (κ1) is 23.6. The summed E-state index contributed by atoms with van der Waals surface area (Å²) in [4.78, 5) is 17.2. The molecule has 1 fully saturated rings. The number of ketones is 1. The molecular weight excluding hydrogens is 494 g/mol. The monoisotopic (exact) mass is 514 g/mol. The fourth-order valence-corrected chi connectivity index (χ4v) is 3.91. The number of nitrogens with zero attached hydrogens (tertiary/aromatic N) is 1. The van der Waals surface area contributed by atoms with Crippen LogP contribution in [0.4, 0.5) is 20.3 Å². The van der Waals surface area contributed by atoms with Crippen molar-refractivity contribution in [2.45, 2.75) is 32.4 Å². The van der Waals surface area contributed by atoms with E-state index in [-0.39, 0.29) is 23.4 Å². The highest BCUT2D eigenvalue weighted by molar-refractivity contribution is 9.10. The highest BCUT2D eigenvalue weighted by Gasteiger charge is 2.27. The van der Waals surface area contributed by atoms with Gasteiger partial charge >= 0.3 is 0 Å². The lowest BCUT2D eigenvalue weighted by Crippen LogP contribution is -2.29. The molecule has 2 aromatic rings. The Labute approximate surface area is 189 Å². The maximum absolute atomic E-state index is 14.9. The van der Waals surface area contributed by atoms with E-state index in [9.17, 15) is 18.1 Å². The number of carbonyl (C=O) groups excluding carboxylic acids is 1. The SMILES string of the molecule is CC[S+]([O-])Nc1c(F)ccc(C(=O)C(=N)c2cc(Br)cnc2NC2CCCCO2)c1F. The molecule has 0 saturated carbocycles. The van der Waals surface area contributed by atoms with Crippen molar-refractivity contribution in [2.75, 3.05) is 22.4 Å². The van der Waals surface area contributed by atoms with Crippen molar-refractivity contribution in [3.63, 3.8) is 0 Å². The van der Waals surface area contributed by atoms with Crippen LogP contribution in [0.15, 0.2) is 28.9 Å². The number of Topliss-reactive ketones (excluding diaryl/α,β-unsaturated/α-hetero) is 1. The zero-order valence-corrected chi connectivity index (χ0v) is 19.0. The summed E-state index contributed by atoms with van der Waals surface area (Å²) in [5.74, 6) is -2.78. The Kier molecular flexibility index (Phi) is 7.98. The Morgan fingerprint density at radius 3 is 2.84 bits per heavy atom. The van der Waals surface area contributed by atoms with E-state index < -0.39 is 45.7 Å². The van der Waals surface area contributed by atoms with Gasteiger partial charge in [0, 0.05) is 22.8 Å². The van der Waals surface area contributed by atoms with Crippen LogP contribution in [-0.2, 0) is 16.1 Å². The van der Waals surface area contributed by atoms with Crippen LogP contribution in [0, 0.1) is 17.0 Å². The minimum atomic E-state index is -1.71. The number of halogens is 3. The first-order valence-electron chi connectivity index (χ1n) is 9.62. The van der Waals surface area contributed by atoms with Gasteiger partial charge in [0.05, 0.1) is 16.9 Å². The van der Waals surface area contributed by atoms with Crippen molar-refractivity contribution >= 4 is 50.3 Å². The van der Waals surface area contributed by atoms with Crippen molar-refractivity contribution in [3.05, 3.63) is 51.6 Å². The van der Waals surface area contributed by atoms with Crippen LogP contribution in [0.3, 0.4) is 0 Å². The molecule has 0 radical (unpaired) electrons. The zero-order chi connectivity index (χ0) is 22.5. The van der Waals surface area contributed by atoms with Gasteiger partial charge in [0.25, 0.3) is 0 Å². The second-order valence-corrected chi connectivity index (χ2v) is 9.16. The average molecular weight is 515 g/mol. The van der Waals surface area contributed by atoms with Crippen LogP contribution < -0.4 is 10.0 Å². The normalized spacial score (nSPS) is 17.1. The summed E-state index contributed by atoms with van der Waals surface area (Å²) < 4.78 is 49.0. The molecule has 3 rings (SSSR count). The van der Waals surface area contributed by atoms with Crippen LogP contribution in [0.5, 0.6) is 0 Å². The zero-order valence-electron chi connectivity index (χ0n) is 16.6. The Balaban J connectivity index is 1.92. The molecule has 7 nitrogen and oxygen atoms in total. The van der Waals surface area contributed by atoms with Gasteiger partial charge in [0.2, 0.25) is 5.78 Å². The predicted octanol–water partition coefficient (Wildman–Crippen LogP) is 4.41. The van der Waals surface area contributed by atoms with Crippen molar-refractivity contribution in [3.8, 4) is 0 Å². The first-order chi connectivity index (χ1) is 14.8. The van der Waals surface area contributed by atoms with Gasteiger partial charge in [-0.15, -0.1) is 0 Å². The Hall–Kier alpha value is -2.08. The molecule has 2 atom stereocenters. The quantitative estimate of drug-likeness (QED) is 0.273. The minimum Gasteiger partial charge on any atom is -0.593 e. The van der Waals surface area contributed by atoms with Crippen LogP contribution in [0.25, 0.3) is 0 Å². The van der Waals surface area contributed by atoms with Gasteiger partial charge in [-0.05, 0) is 60.3 Å². The Morgan fingerprint density at radius 1 is 1.39 bits per heavy atom. The molecule has 11 heteroatoms. The van der Waals surface area contributed by atoms with Crippen molar-refractivity contribution in [1.29, 1.82) is 5.41 Å². The van der Waals surface area contributed by atoms with Gasteiger partial charge in [0.15, 0.2) is 17.3 Å². The molecule has 1 aliphatic heterocycles. The van der Waals surface area contributed by atoms with Crippen molar-refractivity contribution in [2.24, 2.45) is 0 Å². The molecule has 1 saturated heterocycles. The smallest absolute Gasteiger partial charge is 0.214 e. The summed E-state index contributed by atoms with van der Waals surface area (Å²) in [6.07, 6.45) is 3.86. The molecule has 0 bridgehead atoms. The largest absolute Gasteiger partial charge is 0.593 e. The van der Waals surface area contributed by atoms with E-state index in [2.05, 4.69) is 31.0 Å². The first-order valence-corrected chi connectivity index (χ1v) is 11.7. The lowest BCUT2D eigenvalue weighted by atomic mass is 10.00. The number of carbonyl (C=O) groups is 1. The highest BCUT2D eigenvalue weighted by atomic mass is 79.9. The van der Waals surface area contributed by atoms with E-state index in [4.69, 9.17) is 10.1 Å². The van der Waals surface area contributed by atoms with Gasteiger partial charge in [0.1, 0.15) is 23.5 Å².